The Morgan fingerprint density at radius 2 is 2.06 bits per heavy atom. The molecule has 1 saturated carbocycles. The highest BCUT2D eigenvalue weighted by atomic mass is 16.5. The molecule has 1 aliphatic carbocycles. The van der Waals surface area contributed by atoms with Gasteiger partial charge < -0.3 is 30.7 Å². The Labute approximate surface area is 196 Å². The molecule has 9 nitrogen and oxygen atoms in total. The largest absolute Gasteiger partial charge is 0.484 e. The van der Waals surface area contributed by atoms with Gasteiger partial charge in [0.1, 0.15) is 5.75 Å². The zero-order chi connectivity index (χ0) is 23.8. The summed E-state index contributed by atoms with van der Waals surface area (Å²) in [6, 6.07) is 5.73. The number of benzene rings is 1. The number of aliphatic imine (C=N–C) groups is 1. The van der Waals surface area contributed by atoms with Crippen molar-refractivity contribution in [2.45, 2.75) is 71.0 Å². The van der Waals surface area contributed by atoms with E-state index in [9.17, 15) is 14.7 Å². The standard InChI is InChI=1S/C24H37N5O4/c1-17(2)26-22(31)15-28-14-18-13-20(9-10-21(18)27-24(28)25)33-16-23(32)29(11-6-12-30)19-7-4-3-5-8-19/h9-10,13,17,19,30H,3-8,11-12,14-16H2,1-2H3,(H2,25,27)(H,26,31). The fourth-order valence-corrected chi connectivity index (χ4v) is 4.42. The first kappa shape index (κ1) is 24.8. The number of nitrogens with one attached hydrogen (secondary N) is 1. The van der Waals surface area contributed by atoms with E-state index in [1.807, 2.05) is 30.9 Å². The summed E-state index contributed by atoms with van der Waals surface area (Å²) < 4.78 is 5.85. The lowest BCUT2D eigenvalue weighted by molar-refractivity contribution is -0.136. The van der Waals surface area contributed by atoms with Gasteiger partial charge in [-0.05, 0) is 51.3 Å². The number of fused-ring (bicyclic) bond motifs is 1. The van der Waals surface area contributed by atoms with Gasteiger partial charge in [-0.2, -0.15) is 0 Å². The maximum atomic E-state index is 12.9. The van der Waals surface area contributed by atoms with Crippen molar-refractivity contribution in [1.82, 2.24) is 15.1 Å². The quantitative estimate of drug-likeness (QED) is 0.491. The summed E-state index contributed by atoms with van der Waals surface area (Å²) in [5.74, 6) is 0.713. The molecule has 182 valence electrons. The Hall–Kier alpha value is -2.81. The topological polar surface area (TPSA) is 120 Å². The first-order valence-electron chi connectivity index (χ1n) is 11.9. The molecule has 3 rings (SSSR count). The van der Waals surface area contributed by atoms with Crippen LogP contribution < -0.4 is 15.8 Å². The van der Waals surface area contributed by atoms with E-state index in [2.05, 4.69) is 10.3 Å². The van der Waals surface area contributed by atoms with Crippen molar-refractivity contribution in [2.75, 3.05) is 26.3 Å². The second kappa shape index (κ2) is 11.9. The number of carbonyl (C=O) groups excluding carboxylic acids is 2. The first-order valence-corrected chi connectivity index (χ1v) is 11.9. The number of aliphatic hydroxyl groups is 1. The van der Waals surface area contributed by atoms with Crippen LogP contribution in [-0.2, 0) is 16.1 Å². The number of amides is 2. The fourth-order valence-electron chi connectivity index (χ4n) is 4.42. The number of carbonyl (C=O) groups is 2. The van der Waals surface area contributed by atoms with Gasteiger partial charge in [-0.3, -0.25) is 9.59 Å². The van der Waals surface area contributed by atoms with E-state index >= 15 is 0 Å². The average Bonchev–Trinajstić information content (AvgIpc) is 2.78. The van der Waals surface area contributed by atoms with Crippen molar-refractivity contribution in [3.63, 3.8) is 0 Å². The molecule has 4 N–H and O–H groups in total. The summed E-state index contributed by atoms with van der Waals surface area (Å²) in [4.78, 5) is 33.1. The average molecular weight is 460 g/mol. The molecule has 0 aromatic heterocycles. The highest BCUT2D eigenvalue weighted by Crippen LogP contribution is 2.29. The van der Waals surface area contributed by atoms with E-state index in [1.54, 1.807) is 11.0 Å². The van der Waals surface area contributed by atoms with E-state index in [1.165, 1.54) is 6.42 Å². The summed E-state index contributed by atoms with van der Waals surface area (Å²) in [6.07, 6.45) is 6.07. The number of rotatable bonds is 10. The molecular formula is C24H37N5O4. The number of ether oxygens (including phenoxy) is 1. The smallest absolute Gasteiger partial charge is 0.260 e. The molecule has 1 heterocycles. The summed E-state index contributed by atoms with van der Waals surface area (Å²) in [7, 11) is 0. The van der Waals surface area contributed by atoms with Crippen molar-refractivity contribution in [1.29, 1.82) is 0 Å². The van der Waals surface area contributed by atoms with Crippen LogP contribution in [0.1, 0.15) is 57.9 Å². The monoisotopic (exact) mass is 459 g/mol. The van der Waals surface area contributed by atoms with Crippen LogP contribution in [0.5, 0.6) is 5.75 Å². The minimum absolute atomic E-state index is 0.0490. The molecular weight excluding hydrogens is 422 g/mol. The molecule has 1 aliphatic heterocycles. The third-order valence-corrected chi connectivity index (χ3v) is 6.01. The Morgan fingerprint density at radius 1 is 1.30 bits per heavy atom. The highest BCUT2D eigenvalue weighted by Gasteiger charge is 2.26. The Balaban J connectivity index is 1.61. The summed E-state index contributed by atoms with van der Waals surface area (Å²) >= 11 is 0. The third kappa shape index (κ3) is 7.08. The number of hydrogen-bond donors (Lipinski definition) is 3. The van der Waals surface area contributed by atoms with Gasteiger partial charge in [0.15, 0.2) is 12.6 Å². The van der Waals surface area contributed by atoms with Gasteiger partial charge in [0, 0.05) is 37.3 Å². The van der Waals surface area contributed by atoms with E-state index < -0.39 is 0 Å². The molecule has 0 atom stereocenters. The minimum Gasteiger partial charge on any atom is -0.484 e. The summed E-state index contributed by atoms with van der Waals surface area (Å²) in [5, 5.41) is 12.1. The van der Waals surface area contributed by atoms with Gasteiger partial charge in [-0.1, -0.05) is 19.3 Å². The SMILES string of the molecule is CC(C)NC(=O)CN1Cc2cc(OCC(=O)N(CCCO)C3CCCCC3)ccc2N=C1N. The molecule has 1 fully saturated rings. The predicted molar refractivity (Wildman–Crippen MR) is 127 cm³/mol. The molecule has 9 heteroatoms. The van der Waals surface area contributed by atoms with Gasteiger partial charge in [0.05, 0.1) is 12.2 Å². The lowest BCUT2D eigenvalue weighted by Crippen LogP contribution is -2.46. The van der Waals surface area contributed by atoms with Crippen LogP contribution >= 0.6 is 0 Å². The number of guanidine groups is 1. The van der Waals surface area contributed by atoms with E-state index in [4.69, 9.17) is 10.5 Å². The number of aliphatic hydroxyl groups excluding tert-OH is 1. The highest BCUT2D eigenvalue weighted by molar-refractivity contribution is 5.88. The Morgan fingerprint density at radius 3 is 2.76 bits per heavy atom. The predicted octanol–water partition coefficient (Wildman–Crippen LogP) is 1.90. The van der Waals surface area contributed by atoms with Crippen molar-refractivity contribution in [3.05, 3.63) is 23.8 Å². The van der Waals surface area contributed by atoms with E-state index in [-0.39, 0.29) is 43.7 Å². The zero-order valence-electron chi connectivity index (χ0n) is 19.8. The minimum atomic E-state index is -0.115. The molecule has 0 unspecified atom stereocenters. The molecule has 33 heavy (non-hydrogen) atoms. The van der Waals surface area contributed by atoms with Gasteiger partial charge in [-0.15, -0.1) is 0 Å². The third-order valence-electron chi connectivity index (χ3n) is 6.01. The van der Waals surface area contributed by atoms with Crippen LogP contribution in [0, 0.1) is 0 Å². The van der Waals surface area contributed by atoms with Crippen molar-refractivity contribution < 1.29 is 19.4 Å². The van der Waals surface area contributed by atoms with Crippen LogP contribution in [0.25, 0.3) is 0 Å². The van der Waals surface area contributed by atoms with Crippen molar-refractivity contribution in [3.8, 4) is 5.75 Å². The maximum Gasteiger partial charge on any atom is 0.260 e. The molecule has 1 aromatic carbocycles. The molecule has 2 aliphatic rings. The van der Waals surface area contributed by atoms with Crippen LogP contribution in [0.4, 0.5) is 5.69 Å². The second-order valence-electron chi connectivity index (χ2n) is 9.08. The maximum absolute atomic E-state index is 12.9. The van der Waals surface area contributed by atoms with Crippen LogP contribution in [0.3, 0.4) is 0 Å². The van der Waals surface area contributed by atoms with Gasteiger partial charge in [-0.25, -0.2) is 4.99 Å². The molecule has 0 radical (unpaired) electrons. The van der Waals surface area contributed by atoms with Crippen molar-refractivity contribution in [2.24, 2.45) is 10.7 Å². The lowest BCUT2D eigenvalue weighted by atomic mass is 9.94. The number of nitrogens with two attached hydrogens (primary N) is 1. The second-order valence-corrected chi connectivity index (χ2v) is 9.08. The van der Waals surface area contributed by atoms with Gasteiger partial charge in [0.25, 0.3) is 5.91 Å². The summed E-state index contributed by atoms with van der Waals surface area (Å²) in [6.45, 7) is 4.94. The molecule has 0 saturated heterocycles. The fraction of sp³-hybridized carbons (Fsp3) is 0.625. The number of hydrogen-bond acceptors (Lipinski definition) is 7. The lowest BCUT2D eigenvalue weighted by Gasteiger charge is -2.34. The molecule has 0 spiro atoms. The Kier molecular flexibility index (Phi) is 8.94. The number of nitrogens with zero attached hydrogens (tertiary/aromatic N) is 3. The molecule has 2 amide bonds. The van der Waals surface area contributed by atoms with Crippen LogP contribution in [0.15, 0.2) is 23.2 Å². The van der Waals surface area contributed by atoms with E-state index in [0.29, 0.717) is 31.2 Å². The van der Waals surface area contributed by atoms with Crippen LogP contribution in [-0.4, -0.2) is 71.1 Å². The normalized spacial score (nSPS) is 16.2. The van der Waals surface area contributed by atoms with Crippen LogP contribution in [0.2, 0.25) is 0 Å². The van der Waals surface area contributed by atoms with E-state index in [0.717, 1.165) is 36.9 Å². The molecule has 0 bridgehead atoms. The summed E-state index contributed by atoms with van der Waals surface area (Å²) in [5.41, 5.74) is 7.67. The van der Waals surface area contributed by atoms with Gasteiger partial charge in [0.2, 0.25) is 5.91 Å². The molecule has 1 aromatic rings. The zero-order valence-corrected chi connectivity index (χ0v) is 19.8. The van der Waals surface area contributed by atoms with Gasteiger partial charge >= 0.3 is 0 Å². The van der Waals surface area contributed by atoms with Crippen molar-refractivity contribution >= 4 is 23.5 Å². The first-order chi connectivity index (χ1) is 15.9. The Bertz CT molecular complexity index is 851.